The normalized spacial score (nSPS) is 19.1. The van der Waals surface area contributed by atoms with Gasteiger partial charge in [-0.3, -0.25) is 14.5 Å². The standard InChI is InChI=1S/C12H24N4O3/c1-15(2)11(18)8-16-5-3-9(4-6-16)14-7-10(17)12(13)19/h9-10,14,17H,3-8H2,1-2H3,(H2,13,19). The summed E-state index contributed by atoms with van der Waals surface area (Å²) in [5.74, 6) is -0.600. The molecule has 1 heterocycles. The van der Waals surface area contributed by atoms with Crippen LogP contribution < -0.4 is 11.1 Å². The molecule has 1 atom stereocenters. The average molecular weight is 272 g/mol. The maximum absolute atomic E-state index is 11.6. The number of likely N-dealkylation sites (tertiary alicyclic amines) is 1. The van der Waals surface area contributed by atoms with Crippen LogP contribution >= 0.6 is 0 Å². The highest BCUT2D eigenvalue weighted by Gasteiger charge is 2.22. The topological polar surface area (TPSA) is 98.9 Å². The number of rotatable bonds is 6. The van der Waals surface area contributed by atoms with Crippen LogP contribution in [-0.4, -0.2) is 79.1 Å². The zero-order chi connectivity index (χ0) is 14.4. The van der Waals surface area contributed by atoms with Crippen LogP contribution in [0.15, 0.2) is 0 Å². The monoisotopic (exact) mass is 272 g/mol. The van der Waals surface area contributed by atoms with E-state index in [0.29, 0.717) is 6.54 Å². The van der Waals surface area contributed by atoms with Crippen molar-refractivity contribution < 1.29 is 14.7 Å². The minimum absolute atomic E-state index is 0.107. The SMILES string of the molecule is CN(C)C(=O)CN1CCC(NCC(O)C(N)=O)CC1. The van der Waals surface area contributed by atoms with Gasteiger partial charge in [0.05, 0.1) is 6.54 Å². The molecule has 0 saturated carbocycles. The number of nitrogens with one attached hydrogen (secondary N) is 1. The lowest BCUT2D eigenvalue weighted by atomic mass is 10.0. The van der Waals surface area contributed by atoms with Gasteiger partial charge in [-0.25, -0.2) is 0 Å². The van der Waals surface area contributed by atoms with Gasteiger partial charge in [0.25, 0.3) is 0 Å². The molecule has 0 aromatic rings. The molecule has 0 aromatic carbocycles. The summed E-state index contributed by atoms with van der Waals surface area (Å²) in [6.07, 6.45) is 0.659. The number of hydrogen-bond acceptors (Lipinski definition) is 5. The van der Waals surface area contributed by atoms with Crippen LogP contribution in [0.1, 0.15) is 12.8 Å². The Hall–Kier alpha value is -1.18. The largest absolute Gasteiger partial charge is 0.382 e. The van der Waals surface area contributed by atoms with Gasteiger partial charge in [-0.05, 0) is 12.8 Å². The number of hydrogen-bond donors (Lipinski definition) is 3. The minimum atomic E-state index is -1.13. The molecule has 7 heteroatoms. The summed E-state index contributed by atoms with van der Waals surface area (Å²) in [7, 11) is 3.50. The van der Waals surface area contributed by atoms with Crippen molar-refractivity contribution in [2.45, 2.75) is 25.0 Å². The molecular weight excluding hydrogens is 248 g/mol. The molecule has 0 aliphatic carbocycles. The van der Waals surface area contributed by atoms with Gasteiger partial charge in [-0.15, -0.1) is 0 Å². The van der Waals surface area contributed by atoms with Crippen LogP contribution in [0, 0.1) is 0 Å². The quantitative estimate of drug-likeness (QED) is 0.518. The summed E-state index contributed by atoms with van der Waals surface area (Å²) in [4.78, 5) is 26.0. The Bertz CT molecular complexity index is 314. The number of aliphatic hydroxyl groups excluding tert-OH is 1. The van der Waals surface area contributed by atoms with Gasteiger partial charge < -0.3 is 21.1 Å². The number of aliphatic hydroxyl groups is 1. The summed E-state index contributed by atoms with van der Waals surface area (Å²) < 4.78 is 0. The van der Waals surface area contributed by atoms with Crippen molar-refractivity contribution in [1.29, 1.82) is 0 Å². The van der Waals surface area contributed by atoms with E-state index < -0.39 is 12.0 Å². The number of primary amides is 1. The van der Waals surface area contributed by atoms with Crippen molar-refractivity contribution in [3.05, 3.63) is 0 Å². The van der Waals surface area contributed by atoms with E-state index in [9.17, 15) is 14.7 Å². The van der Waals surface area contributed by atoms with Crippen LogP contribution in [0.25, 0.3) is 0 Å². The smallest absolute Gasteiger partial charge is 0.247 e. The fourth-order valence-electron chi connectivity index (χ4n) is 2.01. The van der Waals surface area contributed by atoms with Gasteiger partial charge in [0.15, 0.2) is 0 Å². The summed E-state index contributed by atoms with van der Waals surface area (Å²) in [5, 5.41) is 12.4. The maximum atomic E-state index is 11.6. The molecule has 0 spiro atoms. The zero-order valence-electron chi connectivity index (χ0n) is 11.6. The Kier molecular flexibility index (Phi) is 6.20. The molecule has 1 aliphatic rings. The van der Waals surface area contributed by atoms with Gasteiger partial charge >= 0.3 is 0 Å². The number of nitrogens with zero attached hydrogens (tertiary/aromatic N) is 2. The molecule has 1 fully saturated rings. The van der Waals surface area contributed by atoms with E-state index in [1.54, 1.807) is 19.0 Å². The molecule has 1 rings (SSSR count). The van der Waals surface area contributed by atoms with Crippen molar-refractivity contribution in [3.63, 3.8) is 0 Å². The lowest BCUT2D eigenvalue weighted by Crippen LogP contribution is -2.48. The second kappa shape index (κ2) is 7.42. The van der Waals surface area contributed by atoms with Gasteiger partial charge in [0, 0.05) is 39.8 Å². The number of carbonyl (C=O) groups is 2. The number of piperidine rings is 1. The Labute approximate surface area is 113 Å². The number of carbonyl (C=O) groups excluding carboxylic acids is 2. The first kappa shape index (κ1) is 15.9. The zero-order valence-corrected chi connectivity index (χ0v) is 11.6. The number of amides is 2. The van der Waals surface area contributed by atoms with Crippen LogP contribution in [-0.2, 0) is 9.59 Å². The molecule has 1 unspecified atom stereocenters. The van der Waals surface area contributed by atoms with E-state index in [4.69, 9.17) is 5.73 Å². The lowest BCUT2D eigenvalue weighted by Gasteiger charge is -2.32. The molecule has 0 radical (unpaired) electrons. The molecule has 2 amide bonds. The second-order valence-electron chi connectivity index (χ2n) is 5.17. The Morgan fingerprint density at radius 1 is 1.42 bits per heavy atom. The van der Waals surface area contributed by atoms with Crippen molar-refractivity contribution in [2.24, 2.45) is 5.73 Å². The van der Waals surface area contributed by atoms with E-state index in [0.717, 1.165) is 25.9 Å². The van der Waals surface area contributed by atoms with Crippen molar-refractivity contribution >= 4 is 11.8 Å². The van der Waals surface area contributed by atoms with E-state index in [1.807, 2.05) is 0 Å². The van der Waals surface area contributed by atoms with E-state index in [-0.39, 0.29) is 18.5 Å². The third kappa shape index (κ3) is 5.54. The first-order valence-electron chi connectivity index (χ1n) is 6.53. The first-order chi connectivity index (χ1) is 8.90. The molecule has 0 aromatic heterocycles. The molecule has 0 bridgehead atoms. The Morgan fingerprint density at radius 3 is 2.47 bits per heavy atom. The van der Waals surface area contributed by atoms with Crippen molar-refractivity contribution in [1.82, 2.24) is 15.1 Å². The van der Waals surface area contributed by atoms with Crippen LogP contribution in [0.5, 0.6) is 0 Å². The third-order valence-electron chi connectivity index (χ3n) is 3.37. The van der Waals surface area contributed by atoms with Gasteiger partial charge in [-0.2, -0.15) is 0 Å². The minimum Gasteiger partial charge on any atom is -0.382 e. The summed E-state index contributed by atoms with van der Waals surface area (Å²) in [5.41, 5.74) is 4.98. The molecule has 110 valence electrons. The predicted octanol–water partition coefficient (Wildman–Crippen LogP) is -2.03. The highest BCUT2D eigenvalue weighted by molar-refractivity contribution is 5.78. The summed E-state index contributed by atoms with van der Waals surface area (Å²) in [6.45, 7) is 2.31. The van der Waals surface area contributed by atoms with Gasteiger partial charge in [0.2, 0.25) is 11.8 Å². The van der Waals surface area contributed by atoms with Crippen LogP contribution in [0.2, 0.25) is 0 Å². The molecule has 7 nitrogen and oxygen atoms in total. The molecule has 4 N–H and O–H groups in total. The van der Waals surface area contributed by atoms with Crippen LogP contribution in [0.4, 0.5) is 0 Å². The predicted molar refractivity (Wildman–Crippen MR) is 71.4 cm³/mol. The Balaban J connectivity index is 2.22. The Morgan fingerprint density at radius 2 is 2.00 bits per heavy atom. The highest BCUT2D eigenvalue weighted by Crippen LogP contribution is 2.10. The summed E-state index contributed by atoms with van der Waals surface area (Å²) >= 11 is 0. The second-order valence-corrected chi connectivity index (χ2v) is 5.17. The number of nitrogens with two attached hydrogens (primary N) is 1. The van der Waals surface area contributed by atoms with Gasteiger partial charge in [-0.1, -0.05) is 0 Å². The van der Waals surface area contributed by atoms with Crippen molar-refractivity contribution in [2.75, 3.05) is 40.3 Å². The van der Waals surface area contributed by atoms with Crippen molar-refractivity contribution in [3.8, 4) is 0 Å². The maximum Gasteiger partial charge on any atom is 0.247 e. The van der Waals surface area contributed by atoms with E-state index >= 15 is 0 Å². The van der Waals surface area contributed by atoms with E-state index in [2.05, 4.69) is 10.2 Å². The highest BCUT2D eigenvalue weighted by atomic mass is 16.3. The lowest BCUT2D eigenvalue weighted by molar-refractivity contribution is -0.130. The molecule has 1 saturated heterocycles. The first-order valence-corrected chi connectivity index (χ1v) is 6.53. The third-order valence-corrected chi connectivity index (χ3v) is 3.37. The number of likely N-dealkylation sites (N-methyl/N-ethyl adjacent to an activating group) is 1. The fourth-order valence-corrected chi connectivity index (χ4v) is 2.01. The van der Waals surface area contributed by atoms with E-state index in [1.165, 1.54) is 0 Å². The summed E-state index contributed by atoms with van der Waals surface area (Å²) in [6, 6.07) is 0.264. The fraction of sp³-hybridized carbons (Fsp3) is 0.833. The van der Waals surface area contributed by atoms with Gasteiger partial charge in [0.1, 0.15) is 6.10 Å². The average Bonchev–Trinajstić information content (AvgIpc) is 2.37. The molecular formula is C12H24N4O3. The molecule has 19 heavy (non-hydrogen) atoms. The van der Waals surface area contributed by atoms with Crippen LogP contribution in [0.3, 0.4) is 0 Å². The molecule has 1 aliphatic heterocycles.